The lowest BCUT2D eigenvalue weighted by Gasteiger charge is -2.07. The number of aromatic hydroxyl groups is 1. The average molecular weight is 288 g/mol. The van der Waals surface area contributed by atoms with E-state index in [4.69, 9.17) is 4.74 Å². The molecule has 0 unspecified atom stereocenters. The molecule has 0 atom stereocenters. The molecule has 3 aromatic rings. The Bertz CT molecular complexity index is 762. The van der Waals surface area contributed by atoms with Gasteiger partial charge < -0.3 is 9.84 Å². The van der Waals surface area contributed by atoms with Gasteiger partial charge >= 0.3 is 0 Å². The Hall–Kier alpha value is -3.00. The van der Waals surface area contributed by atoms with Crippen LogP contribution in [-0.2, 0) is 0 Å². The maximum absolute atomic E-state index is 9.97. The van der Waals surface area contributed by atoms with Crippen molar-refractivity contribution in [3.63, 3.8) is 0 Å². The lowest BCUT2D eigenvalue weighted by molar-refractivity contribution is 0.463. The smallest absolute Gasteiger partial charge is 0.128 e. The molecule has 2 nitrogen and oxygen atoms in total. The highest BCUT2D eigenvalue weighted by Crippen LogP contribution is 2.28. The van der Waals surface area contributed by atoms with Gasteiger partial charge in [-0.25, -0.2) is 0 Å². The van der Waals surface area contributed by atoms with Crippen LogP contribution in [0.5, 0.6) is 17.2 Å². The van der Waals surface area contributed by atoms with Crippen LogP contribution >= 0.6 is 0 Å². The molecule has 3 rings (SSSR count). The highest BCUT2D eigenvalue weighted by atomic mass is 16.5. The van der Waals surface area contributed by atoms with Crippen LogP contribution in [0.25, 0.3) is 12.2 Å². The summed E-state index contributed by atoms with van der Waals surface area (Å²) in [5.41, 5.74) is 1.80. The minimum atomic E-state index is 0.229. The van der Waals surface area contributed by atoms with Crippen LogP contribution in [-0.4, -0.2) is 5.11 Å². The molecule has 0 spiro atoms. The average Bonchev–Trinajstić information content (AvgIpc) is 2.57. The van der Waals surface area contributed by atoms with E-state index in [1.807, 2.05) is 78.9 Å². The molecule has 1 N–H and O–H groups in total. The first-order valence-electron chi connectivity index (χ1n) is 7.10. The summed E-state index contributed by atoms with van der Waals surface area (Å²) in [5.74, 6) is 1.69. The fraction of sp³-hybridized carbons (Fsp3) is 0. The van der Waals surface area contributed by atoms with Gasteiger partial charge in [0.15, 0.2) is 0 Å². The Morgan fingerprint density at radius 3 is 2.09 bits per heavy atom. The van der Waals surface area contributed by atoms with Gasteiger partial charge in [-0.1, -0.05) is 60.7 Å². The maximum Gasteiger partial charge on any atom is 0.128 e. The van der Waals surface area contributed by atoms with Crippen LogP contribution in [0, 0.1) is 0 Å². The summed E-state index contributed by atoms with van der Waals surface area (Å²) in [7, 11) is 0. The lowest BCUT2D eigenvalue weighted by Crippen LogP contribution is -1.85. The third-order valence-corrected chi connectivity index (χ3v) is 3.23. The van der Waals surface area contributed by atoms with Gasteiger partial charge in [0.1, 0.15) is 17.2 Å². The molecule has 0 heterocycles. The molecule has 0 aromatic heterocycles. The molecule has 108 valence electrons. The molecule has 0 fully saturated rings. The summed E-state index contributed by atoms with van der Waals surface area (Å²) in [5, 5.41) is 9.97. The maximum atomic E-state index is 9.97. The fourth-order valence-corrected chi connectivity index (χ4v) is 2.10. The number of ether oxygens (including phenoxy) is 1. The number of para-hydroxylation sites is 1. The quantitative estimate of drug-likeness (QED) is 0.655. The van der Waals surface area contributed by atoms with Crippen molar-refractivity contribution in [3.8, 4) is 17.2 Å². The van der Waals surface area contributed by atoms with Gasteiger partial charge in [-0.2, -0.15) is 0 Å². The van der Waals surface area contributed by atoms with Gasteiger partial charge in [-0.3, -0.25) is 0 Å². The lowest BCUT2D eigenvalue weighted by atomic mass is 10.1. The van der Waals surface area contributed by atoms with Crippen LogP contribution in [0.4, 0.5) is 0 Å². The van der Waals surface area contributed by atoms with E-state index in [2.05, 4.69) is 0 Å². The Kier molecular flexibility index (Phi) is 4.21. The van der Waals surface area contributed by atoms with E-state index < -0.39 is 0 Å². The summed E-state index contributed by atoms with van der Waals surface area (Å²) < 4.78 is 5.78. The van der Waals surface area contributed by atoms with Gasteiger partial charge in [0, 0.05) is 5.56 Å². The molecule has 0 amide bonds. The normalized spacial score (nSPS) is 10.7. The SMILES string of the molecule is Oc1ccc(Oc2ccccc2)cc1C=Cc1ccccc1. The molecule has 22 heavy (non-hydrogen) atoms. The van der Waals surface area contributed by atoms with E-state index in [1.165, 1.54) is 0 Å². The van der Waals surface area contributed by atoms with E-state index in [1.54, 1.807) is 12.1 Å². The van der Waals surface area contributed by atoms with Crippen LogP contribution in [0.1, 0.15) is 11.1 Å². The van der Waals surface area contributed by atoms with Crippen LogP contribution in [0.2, 0.25) is 0 Å². The Morgan fingerprint density at radius 1 is 0.682 bits per heavy atom. The van der Waals surface area contributed by atoms with Gasteiger partial charge in [-0.15, -0.1) is 0 Å². The minimum Gasteiger partial charge on any atom is -0.507 e. The van der Waals surface area contributed by atoms with E-state index in [-0.39, 0.29) is 5.75 Å². The first kappa shape index (κ1) is 14.0. The molecule has 3 aromatic carbocycles. The predicted molar refractivity (Wildman–Crippen MR) is 90.0 cm³/mol. The van der Waals surface area contributed by atoms with Crippen molar-refractivity contribution >= 4 is 12.2 Å². The molecule has 2 heteroatoms. The Morgan fingerprint density at radius 2 is 1.36 bits per heavy atom. The zero-order valence-electron chi connectivity index (χ0n) is 12.0. The van der Waals surface area contributed by atoms with Crippen LogP contribution in [0.3, 0.4) is 0 Å². The largest absolute Gasteiger partial charge is 0.507 e. The van der Waals surface area contributed by atoms with E-state index in [0.717, 1.165) is 16.9 Å². The highest BCUT2D eigenvalue weighted by molar-refractivity contribution is 5.73. The van der Waals surface area contributed by atoms with Crippen molar-refractivity contribution in [3.05, 3.63) is 90.0 Å². The molecular formula is C20H16O2. The van der Waals surface area contributed by atoms with Crippen molar-refractivity contribution in [2.24, 2.45) is 0 Å². The van der Waals surface area contributed by atoms with Crippen LogP contribution < -0.4 is 4.74 Å². The zero-order chi connectivity index (χ0) is 15.2. The second kappa shape index (κ2) is 6.64. The summed E-state index contributed by atoms with van der Waals surface area (Å²) in [6.45, 7) is 0. The third-order valence-electron chi connectivity index (χ3n) is 3.23. The summed E-state index contributed by atoms with van der Waals surface area (Å²) in [6.07, 6.45) is 3.84. The molecule has 0 saturated carbocycles. The third kappa shape index (κ3) is 3.55. The van der Waals surface area contributed by atoms with E-state index in [9.17, 15) is 5.11 Å². The van der Waals surface area contributed by atoms with Crippen molar-refractivity contribution < 1.29 is 9.84 Å². The first-order chi connectivity index (χ1) is 10.8. The second-order valence-corrected chi connectivity index (χ2v) is 4.88. The van der Waals surface area contributed by atoms with Crippen molar-refractivity contribution in [2.75, 3.05) is 0 Å². The van der Waals surface area contributed by atoms with Gasteiger partial charge in [-0.05, 0) is 35.9 Å². The predicted octanol–water partition coefficient (Wildman–Crippen LogP) is 5.35. The number of phenolic OH excluding ortho intramolecular Hbond substituents is 1. The number of rotatable bonds is 4. The molecule has 0 saturated heterocycles. The van der Waals surface area contributed by atoms with E-state index in [0.29, 0.717) is 5.75 Å². The monoisotopic (exact) mass is 288 g/mol. The number of benzene rings is 3. The van der Waals surface area contributed by atoms with Crippen molar-refractivity contribution in [1.29, 1.82) is 0 Å². The highest BCUT2D eigenvalue weighted by Gasteiger charge is 2.02. The first-order valence-corrected chi connectivity index (χ1v) is 7.10. The Labute approximate surface area is 129 Å². The van der Waals surface area contributed by atoms with Crippen molar-refractivity contribution in [2.45, 2.75) is 0 Å². The van der Waals surface area contributed by atoms with E-state index >= 15 is 0 Å². The Balaban J connectivity index is 1.82. The molecular weight excluding hydrogens is 272 g/mol. The zero-order valence-corrected chi connectivity index (χ0v) is 12.0. The summed E-state index contributed by atoms with van der Waals surface area (Å²) >= 11 is 0. The summed E-state index contributed by atoms with van der Waals surface area (Å²) in [6, 6.07) is 24.8. The standard InChI is InChI=1S/C20H16O2/c21-20-14-13-19(22-18-9-5-2-6-10-18)15-17(20)12-11-16-7-3-1-4-8-16/h1-15,21H. The molecule has 0 aliphatic rings. The molecule has 0 aliphatic heterocycles. The second-order valence-electron chi connectivity index (χ2n) is 4.88. The number of hydrogen-bond acceptors (Lipinski definition) is 2. The minimum absolute atomic E-state index is 0.229. The van der Waals surface area contributed by atoms with Crippen molar-refractivity contribution in [1.82, 2.24) is 0 Å². The molecule has 0 aliphatic carbocycles. The topological polar surface area (TPSA) is 29.5 Å². The fourth-order valence-electron chi connectivity index (χ4n) is 2.10. The van der Waals surface area contributed by atoms with Crippen LogP contribution in [0.15, 0.2) is 78.9 Å². The molecule has 0 bridgehead atoms. The van der Waals surface area contributed by atoms with Gasteiger partial charge in [0.2, 0.25) is 0 Å². The molecule has 0 radical (unpaired) electrons. The van der Waals surface area contributed by atoms with Gasteiger partial charge in [0.25, 0.3) is 0 Å². The van der Waals surface area contributed by atoms with Gasteiger partial charge in [0.05, 0.1) is 0 Å². The number of phenols is 1. The number of hydrogen-bond donors (Lipinski definition) is 1. The summed E-state index contributed by atoms with van der Waals surface area (Å²) in [4.78, 5) is 0.